The van der Waals surface area contributed by atoms with Gasteiger partial charge >= 0.3 is 5.97 Å². The fourth-order valence-corrected chi connectivity index (χ4v) is 3.15. The van der Waals surface area contributed by atoms with Crippen LogP contribution in [0, 0.1) is 10.1 Å². The third-order valence-electron chi connectivity index (χ3n) is 3.30. The summed E-state index contributed by atoms with van der Waals surface area (Å²) in [6.45, 7) is -0.621. The molecule has 0 atom stereocenters. The van der Waals surface area contributed by atoms with Gasteiger partial charge in [-0.05, 0) is 24.3 Å². The van der Waals surface area contributed by atoms with Crippen LogP contribution in [0.4, 0.5) is 5.69 Å². The van der Waals surface area contributed by atoms with Gasteiger partial charge in [-0.1, -0.05) is 23.7 Å². The van der Waals surface area contributed by atoms with Gasteiger partial charge < -0.3 is 4.74 Å². The average Bonchev–Trinajstić information content (AvgIpc) is 2.58. The first kappa shape index (κ1) is 19.5. The number of rotatable bonds is 6. The number of hydrogen-bond donors (Lipinski definition) is 0. The van der Waals surface area contributed by atoms with Crippen LogP contribution >= 0.6 is 11.6 Å². The van der Waals surface area contributed by atoms with E-state index >= 15 is 0 Å². The molecule has 0 amide bonds. The number of halogens is 1. The zero-order valence-electron chi connectivity index (χ0n) is 13.3. The second-order valence-electron chi connectivity index (χ2n) is 5.19. The fraction of sp³-hybridized carbons (Fsp3) is 0.125. The van der Waals surface area contributed by atoms with Crippen molar-refractivity contribution in [3.05, 3.63) is 68.7 Å². The second kappa shape index (κ2) is 7.63. The molecule has 2 aromatic carbocycles. The zero-order valence-corrected chi connectivity index (χ0v) is 14.9. The summed E-state index contributed by atoms with van der Waals surface area (Å²) in [6.07, 6.45) is 0.815. The summed E-state index contributed by atoms with van der Waals surface area (Å²) in [7, 11) is -3.85. The van der Waals surface area contributed by atoms with Crippen molar-refractivity contribution in [2.75, 3.05) is 12.9 Å². The molecule has 8 nitrogen and oxygen atoms in total. The van der Waals surface area contributed by atoms with Gasteiger partial charge in [0.25, 0.3) is 5.69 Å². The molecule has 0 fully saturated rings. The standard InChI is InChI=1S/C16H12ClNO7S/c1-26(23,24)15-7-6-10(8-13(15)18(21)22)16(20)25-9-14(19)11-4-2-3-5-12(11)17/h2-8H,9H2,1H3. The van der Waals surface area contributed by atoms with Crippen molar-refractivity contribution in [1.82, 2.24) is 0 Å². The van der Waals surface area contributed by atoms with Crippen LogP contribution in [0.15, 0.2) is 47.4 Å². The summed E-state index contributed by atoms with van der Waals surface area (Å²) in [5.74, 6) is -1.56. The molecule has 0 aliphatic carbocycles. The van der Waals surface area contributed by atoms with E-state index in [4.69, 9.17) is 16.3 Å². The number of nitro groups is 1. The number of nitro benzene ring substituents is 1. The molecule has 10 heteroatoms. The van der Waals surface area contributed by atoms with E-state index in [1.807, 2.05) is 0 Å². The maximum Gasteiger partial charge on any atom is 0.338 e. The van der Waals surface area contributed by atoms with Crippen LogP contribution in [0.25, 0.3) is 0 Å². The normalized spacial score (nSPS) is 11.0. The van der Waals surface area contributed by atoms with Crippen molar-refractivity contribution >= 4 is 38.9 Å². The number of ether oxygens (including phenoxy) is 1. The fourth-order valence-electron chi connectivity index (χ4n) is 2.08. The largest absolute Gasteiger partial charge is 0.454 e. The van der Waals surface area contributed by atoms with Crippen LogP contribution in [-0.2, 0) is 14.6 Å². The van der Waals surface area contributed by atoms with Gasteiger partial charge in [0.15, 0.2) is 16.4 Å². The molecular formula is C16H12ClNO7S. The van der Waals surface area contributed by atoms with Crippen LogP contribution in [0.3, 0.4) is 0 Å². The zero-order chi connectivity index (χ0) is 19.5. The predicted molar refractivity (Wildman–Crippen MR) is 92.3 cm³/mol. The second-order valence-corrected chi connectivity index (χ2v) is 7.58. The SMILES string of the molecule is CS(=O)(=O)c1ccc(C(=O)OCC(=O)c2ccccc2Cl)cc1[N+](=O)[O-]. The van der Waals surface area contributed by atoms with Crippen LogP contribution in [0.5, 0.6) is 0 Å². The summed E-state index contributed by atoms with van der Waals surface area (Å²) in [4.78, 5) is 33.6. The summed E-state index contributed by atoms with van der Waals surface area (Å²) in [5.41, 5.74) is -0.837. The van der Waals surface area contributed by atoms with Gasteiger partial charge in [0.05, 0.1) is 15.5 Å². The first-order chi connectivity index (χ1) is 12.1. The van der Waals surface area contributed by atoms with E-state index in [9.17, 15) is 28.1 Å². The quantitative estimate of drug-likeness (QED) is 0.318. The van der Waals surface area contributed by atoms with E-state index in [0.717, 1.165) is 24.5 Å². The average molecular weight is 398 g/mol. The highest BCUT2D eigenvalue weighted by Crippen LogP contribution is 2.25. The Balaban J connectivity index is 2.20. The Morgan fingerprint density at radius 1 is 1.19 bits per heavy atom. The van der Waals surface area contributed by atoms with Crippen molar-refractivity contribution < 1.29 is 27.7 Å². The first-order valence-electron chi connectivity index (χ1n) is 7.04. The Kier molecular flexibility index (Phi) is 5.73. The molecule has 2 aromatic rings. The van der Waals surface area contributed by atoms with Gasteiger partial charge in [0, 0.05) is 17.9 Å². The molecule has 0 saturated carbocycles. The van der Waals surface area contributed by atoms with Crippen LogP contribution < -0.4 is 0 Å². The maximum absolute atomic E-state index is 12.0. The number of carbonyl (C=O) groups is 2. The summed E-state index contributed by atoms with van der Waals surface area (Å²) >= 11 is 5.87. The van der Waals surface area contributed by atoms with Crippen LogP contribution in [0.1, 0.15) is 20.7 Å². The van der Waals surface area contributed by atoms with Crippen LogP contribution in [0.2, 0.25) is 5.02 Å². The Bertz CT molecular complexity index is 1000. The van der Waals surface area contributed by atoms with Gasteiger partial charge in [-0.3, -0.25) is 14.9 Å². The molecule has 0 bridgehead atoms. The predicted octanol–water partition coefficient (Wildman–Crippen LogP) is 2.69. The highest BCUT2D eigenvalue weighted by atomic mass is 35.5. The third kappa shape index (κ3) is 4.44. The number of hydrogen-bond acceptors (Lipinski definition) is 7. The third-order valence-corrected chi connectivity index (χ3v) is 4.77. The van der Waals surface area contributed by atoms with Crippen molar-refractivity contribution in [2.24, 2.45) is 0 Å². The van der Waals surface area contributed by atoms with E-state index in [-0.39, 0.29) is 16.1 Å². The van der Waals surface area contributed by atoms with E-state index in [2.05, 4.69) is 0 Å². The highest BCUT2D eigenvalue weighted by molar-refractivity contribution is 7.90. The van der Waals surface area contributed by atoms with E-state index < -0.39 is 43.7 Å². The van der Waals surface area contributed by atoms with E-state index in [1.165, 1.54) is 12.1 Å². The van der Waals surface area contributed by atoms with E-state index in [1.54, 1.807) is 12.1 Å². The van der Waals surface area contributed by atoms with Gasteiger partial charge in [0.1, 0.15) is 4.90 Å². The molecule has 0 saturated heterocycles. The van der Waals surface area contributed by atoms with Crippen LogP contribution in [-0.4, -0.2) is 38.0 Å². The molecular weight excluding hydrogens is 386 g/mol. The van der Waals surface area contributed by atoms with Crippen molar-refractivity contribution in [1.29, 1.82) is 0 Å². The van der Waals surface area contributed by atoms with Crippen molar-refractivity contribution in [3.63, 3.8) is 0 Å². The minimum Gasteiger partial charge on any atom is -0.454 e. The topological polar surface area (TPSA) is 121 Å². The number of carbonyl (C=O) groups excluding carboxylic acids is 2. The molecule has 2 rings (SSSR count). The lowest BCUT2D eigenvalue weighted by Gasteiger charge is -2.07. The summed E-state index contributed by atoms with van der Waals surface area (Å²) < 4.78 is 28.0. The van der Waals surface area contributed by atoms with Crippen molar-refractivity contribution in [3.8, 4) is 0 Å². The lowest BCUT2D eigenvalue weighted by molar-refractivity contribution is -0.387. The molecule has 0 heterocycles. The van der Waals surface area contributed by atoms with Crippen molar-refractivity contribution in [2.45, 2.75) is 4.90 Å². The molecule has 0 aliphatic rings. The van der Waals surface area contributed by atoms with Gasteiger partial charge in [-0.2, -0.15) is 0 Å². The minimum atomic E-state index is -3.85. The van der Waals surface area contributed by atoms with E-state index in [0.29, 0.717) is 0 Å². The molecule has 136 valence electrons. The molecule has 0 spiro atoms. The summed E-state index contributed by atoms with van der Waals surface area (Å²) in [5, 5.41) is 11.2. The number of ketones is 1. The van der Waals surface area contributed by atoms with Gasteiger partial charge in [-0.15, -0.1) is 0 Å². The number of nitrogens with zero attached hydrogens (tertiary/aromatic N) is 1. The molecule has 0 aliphatic heterocycles. The first-order valence-corrected chi connectivity index (χ1v) is 9.31. The number of benzene rings is 2. The smallest absolute Gasteiger partial charge is 0.338 e. The van der Waals surface area contributed by atoms with Gasteiger partial charge in [-0.25, -0.2) is 13.2 Å². The lowest BCUT2D eigenvalue weighted by atomic mass is 10.1. The maximum atomic E-state index is 12.0. The highest BCUT2D eigenvalue weighted by Gasteiger charge is 2.24. The Labute approximate surface area is 153 Å². The van der Waals surface area contributed by atoms with Gasteiger partial charge in [0.2, 0.25) is 5.78 Å². The molecule has 0 aromatic heterocycles. The monoisotopic (exact) mass is 397 g/mol. The number of sulfone groups is 1. The summed E-state index contributed by atoms with van der Waals surface area (Å²) in [6, 6.07) is 9.00. The number of esters is 1. The Morgan fingerprint density at radius 3 is 2.42 bits per heavy atom. The molecule has 0 radical (unpaired) electrons. The molecule has 0 N–H and O–H groups in total. The Morgan fingerprint density at radius 2 is 1.85 bits per heavy atom. The lowest BCUT2D eigenvalue weighted by Crippen LogP contribution is -2.15. The molecule has 26 heavy (non-hydrogen) atoms. The minimum absolute atomic E-state index is 0.167. The molecule has 0 unspecified atom stereocenters. The Hall–Kier alpha value is -2.78. The number of Topliss-reactive ketones (excluding diaryl/α,β-unsaturated/α-hetero) is 1.